The standard InChI is InChI=1S/C38H60O12/c1-18(2)19(3)34(5)13-14-36(7)21-9-10-25-35(6)17-47-33(46)38(25,22(21)11-12-37(36,8)29(34)31(44)45)15-23(48-20(4)40)30(35)50-32-28(43)27(42)26(41)24(16-39)49-32/h11,18-19,21,23-30,32-33,39,41-43,46H,9-10,12-17H2,1-8H3,(H,44,45)/t19?,21?,23?,24-,25?,26-,27+,28-,29?,30?,32+,33?,34?,35?,36?,37?,38?/m1/s1. The van der Waals surface area contributed by atoms with Crippen molar-refractivity contribution >= 4 is 11.9 Å². The summed E-state index contributed by atoms with van der Waals surface area (Å²) in [6, 6.07) is 0. The van der Waals surface area contributed by atoms with Crippen molar-refractivity contribution in [3.05, 3.63) is 11.6 Å². The zero-order valence-electron chi connectivity index (χ0n) is 30.9. The van der Waals surface area contributed by atoms with Crippen LogP contribution in [0.1, 0.15) is 93.9 Å². The van der Waals surface area contributed by atoms with E-state index in [4.69, 9.17) is 18.9 Å². The Hall–Kier alpha value is -1.64. The van der Waals surface area contributed by atoms with Crippen molar-refractivity contribution < 1.29 is 59.2 Å². The maximum absolute atomic E-state index is 13.4. The van der Waals surface area contributed by atoms with E-state index in [9.17, 15) is 40.2 Å². The van der Waals surface area contributed by atoms with Crippen LogP contribution in [0.25, 0.3) is 0 Å². The van der Waals surface area contributed by atoms with Crippen LogP contribution >= 0.6 is 0 Å². The van der Waals surface area contributed by atoms with E-state index in [2.05, 4.69) is 47.6 Å². The summed E-state index contributed by atoms with van der Waals surface area (Å²) in [6.45, 7) is 15.8. The molecule has 0 aromatic carbocycles. The first-order valence-electron chi connectivity index (χ1n) is 18.6. The molecule has 3 saturated carbocycles. The molecular weight excluding hydrogens is 648 g/mol. The van der Waals surface area contributed by atoms with Gasteiger partial charge in [0.15, 0.2) is 12.6 Å². The van der Waals surface area contributed by atoms with Gasteiger partial charge in [-0.3, -0.25) is 9.59 Å². The van der Waals surface area contributed by atoms with Gasteiger partial charge in [0, 0.05) is 24.2 Å². The van der Waals surface area contributed by atoms with Crippen LogP contribution in [0.4, 0.5) is 0 Å². The van der Waals surface area contributed by atoms with Gasteiger partial charge in [-0.05, 0) is 72.0 Å². The fraction of sp³-hybridized carbons (Fsp3) is 0.895. The second-order valence-electron chi connectivity index (χ2n) is 18.0. The summed E-state index contributed by atoms with van der Waals surface area (Å²) in [5.41, 5.74) is -2.15. The van der Waals surface area contributed by atoms with Crippen LogP contribution in [0.5, 0.6) is 0 Å². The summed E-state index contributed by atoms with van der Waals surface area (Å²) < 4.78 is 24.5. The molecule has 2 heterocycles. The number of fused-ring (bicyclic) bond motifs is 3. The van der Waals surface area contributed by atoms with Gasteiger partial charge in [-0.15, -0.1) is 0 Å². The molecule has 5 fully saturated rings. The van der Waals surface area contributed by atoms with Crippen LogP contribution in [-0.2, 0) is 28.5 Å². The minimum absolute atomic E-state index is 0.0419. The van der Waals surface area contributed by atoms with Crippen molar-refractivity contribution in [2.75, 3.05) is 13.2 Å². The number of esters is 1. The van der Waals surface area contributed by atoms with E-state index >= 15 is 0 Å². The van der Waals surface area contributed by atoms with E-state index in [1.165, 1.54) is 6.92 Å². The van der Waals surface area contributed by atoms with Crippen molar-refractivity contribution in [1.82, 2.24) is 0 Å². The molecule has 17 atom stereocenters. The molecule has 12 nitrogen and oxygen atoms in total. The lowest BCUT2D eigenvalue weighted by atomic mass is 9.34. The van der Waals surface area contributed by atoms with E-state index in [1.54, 1.807) is 0 Å². The Kier molecular flexibility index (Phi) is 9.71. The van der Waals surface area contributed by atoms with Crippen LogP contribution in [0.15, 0.2) is 11.6 Å². The van der Waals surface area contributed by atoms with Crippen LogP contribution < -0.4 is 0 Å². The molecule has 2 aliphatic heterocycles. The summed E-state index contributed by atoms with van der Waals surface area (Å²) >= 11 is 0. The van der Waals surface area contributed by atoms with E-state index < -0.39 is 101 Å². The number of hydrogen-bond acceptors (Lipinski definition) is 11. The van der Waals surface area contributed by atoms with Crippen LogP contribution in [0.2, 0.25) is 0 Å². The number of allylic oxidation sites excluding steroid dienone is 1. The van der Waals surface area contributed by atoms with E-state index in [0.29, 0.717) is 18.8 Å². The molecule has 12 heteroatoms. The molecule has 2 saturated heterocycles. The summed E-state index contributed by atoms with van der Waals surface area (Å²) in [4.78, 5) is 26.1. The molecule has 0 amide bonds. The third-order valence-electron chi connectivity index (χ3n) is 15.6. The average Bonchev–Trinajstić information content (AvgIpc) is 3.04. The Morgan fingerprint density at radius 2 is 1.66 bits per heavy atom. The van der Waals surface area contributed by atoms with E-state index in [1.807, 2.05) is 6.92 Å². The monoisotopic (exact) mass is 708 g/mol. The van der Waals surface area contributed by atoms with Gasteiger partial charge in [0.2, 0.25) is 0 Å². The van der Waals surface area contributed by atoms with Gasteiger partial charge in [-0.25, -0.2) is 0 Å². The lowest BCUT2D eigenvalue weighted by Gasteiger charge is -2.71. The van der Waals surface area contributed by atoms with Gasteiger partial charge in [-0.2, -0.15) is 0 Å². The maximum Gasteiger partial charge on any atom is 0.307 e. The number of rotatable bonds is 7. The zero-order chi connectivity index (χ0) is 36.9. The van der Waals surface area contributed by atoms with Crippen molar-refractivity contribution in [2.24, 2.45) is 56.7 Å². The molecule has 0 aromatic heterocycles. The molecule has 0 spiro atoms. The summed E-state index contributed by atoms with van der Waals surface area (Å²) in [5.74, 6) is -1.61. The van der Waals surface area contributed by atoms with Gasteiger partial charge in [0.05, 0.1) is 19.1 Å². The number of carboxylic acid groups (broad SMARTS) is 1. The molecule has 2 bridgehead atoms. The molecule has 50 heavy (non-hydrogen) atoms. The largest absolute Gasteiger partial charge is 0.481 e. The molecule has 12 unspecified atom stereocenters. The molecule has 0 radical (unpaired) electrons. The lowest BCUT2D eigenvalue weighted by Crippen LogP contribution is -2.73. The molecule has 6 aliphatic rings. The fourth-order valence-electron chi connectivity index (χ4n) is 12.5. The molecule has 6 N–H and O–H groups in total. The van der Waals surface area contributed by atoms with Crippen LogP contribution in [0, 0.1) is 56.7 Å². The number of aliphatic carboxylic acids is 1. The molecule has 6 rings (SSSR count). The summed E-state index contributed by atoms with van der Waals surface area (Å²) in [5, 5.41) is 64.6. The average molecular weight is 709 g/mol. The number of hydrogen-bond donors (Lipinski definition) is 6. The maximum atomic E-state index is 13.4. The predicted octanol–water partition coefficient (Wildman–Crippen LogP) is 3.01. The molecule has 284 valence electrons. The predicted molar refractivity (Wildman–Crippen MR) is 179 cm³/mol. The topological polar surface area (TPSA) is 192 Å². The Bertz CT molecular complexity index is 1370. The van der Waals surface area contributed by atoms with Crippen molar-refractivity contribution in [2.45, 2.75) is 143 Å². The first kappa shape index (κ1) is 38.1. The van der Waals surface area contributed by atoms with E-state index in [0.717, 1.165) is 24.8 Å². The lowest BCUT2D eigenvalue weighted by molar-refractivity contribution is -0.369. The summed E-state index contributed by atoms with van der Waals surface area (Å²) in [7, 11) is 0. The number of aliphatic hydroxyl groups is 5. The zero-order valence-corrected chi connectivity index (χ0v) is 30.9. The quantitative estimate of drug-likeness (QED) is 0.129. The fourth-order valence-corrected chi connectivity index (χ4v) is 12.5. The van der Waals surface area contributed by atoms with Crippen molar-refractivity contribution in [1.29, 1.82) is 0 Å². The summed E-state index contributed by atoms with van der Waals surface area (Å²) in [6.07, 6.45) is -4.59. The van der Waals surface area contributed by atoms with Crippen molar-refractivity contribution in [3.8, 4) is 0 Å². The van der Waals surface area contributed by atoms with Gasteiger partial charge in [0.25, 0.3) is 0 Å². The highest BCUT2D eigenvalue weighted by Gasteiger charge is 2.74. The van der Waals surface area contributed by atoms with Crippen LogP contribution in [-0.4, -0.2) is 105 Å². The number of aliphatic hydroxyl groups excluding tert-OH is 5. The van der Waals surface area contributed by atoms with Crippen molar-refractivity contribution in [3.63, 3.8) is 0 Å². The van der Waals surface area contributed by atoms with Crippen LogP contribution in [0.3, 0.4) is 0 Å². The highest BCUT2D eigenvalue weighted by molar-refractivity contribution is 5.73. The second kappa shape index (κ2) is 12.7. The normalized spacial score (nSPS) is 52.2. The Labute approximate surface area is 295 Å². The minimum atomic E-state index is -1.65. The highest BCUT2D eigenvalue weighted by Crippen LogP contribution is 2.75. The molecular formula is C38H60O12. The number of ether oxygens (including phenoxy) is 4. The Morgan fingerprint density at radius 1 is 0.980 bits per heavy atom. The number of carbonyl (C=O) groups is 2. The molecule has 4 aliphatic carbocycles. The minimum Gasteiger partial charge on any atom is -0.481 e. The number of carboxylic acids is 1. The third-order valence-corrected chi connectivity index (χ3v) is 15.6. The number of carbonyl (C=O) groups excluding carboxylic acids is 1. The third kappa shape index (κ3) is 5.13. The smallest absolute Gasteiger partial charge is 0.307 e. The second-order valence-corrected chi connectivity index (χ2v) is 18.0. The first-order chi connectivity index (χ1) is 23.2. The van der Waals surface area contributed by atoms with Gasteiger partial charge in [0.1, 0.15) is 36.6 Å². The Balaban J connectivity index is 1.42. The van der Waals surface area contributed by atoms with Gasteiger partial charge in [-0.1, -0.05) is 60.1 Å². The molecule has 0 aromatic rings. The SMILES string of the molecule is CC(=O)OC1CC23C4=CCC5(C)C(C(=O)O)C(C)(C(C)C(C)C)CCC5(C)C4CCC2C(C)(COC3O)C1O[C@@H]1O[C@H](CO)[C@@H](O)[C@H](O)[C@H]1O. The van der Waals surface area contributed by atoms with Gasteiger partial charge >= 0.3 is 11.9 Å². The first-order valence-corrected chi connectivity index (χ1v) is 18.6. The van der Waals surface area contributed by atoms with E-state index in [-0.39, 0.29) is 30.8 Å². The van der Waals surface area contributed by atoms with Gasteiger partial charge < -0.3 is 49.6 Å². The Morgan fingerprint density at radius 3 is 2.26 bits per heavy atom. The highest BCUT2D eigenvalue weighted by atomic mass is 16.7.